The van der Waals surface area contributed by atoms with E-state index in [0.717, 1.165) is 30.7 Å². The molecule has 0 radical (unpaired) electrons. The third kappa shape index (κ3) is 9.51. The Bertz CT molecular complexity index is 1170. The number of nitro benzene ring substituents is 1. The number of aromatic nitrogens is 2. The summed E-state index contributed by atoms with van der Waals surface area (Å²) in [6.45, 7) is 8.51. The number of fused-ring (bicyclic) bond motifs is 1. The topological polar surface area (TPSA) is 124 Å². The molecule has 0 bridgehead atoms. The molecule has 0 amide bonds. The van der Waals surface area contributed by atoms with E-state index in [1.165, 1.54) is 48.1 Å². The predicted octanol–water partition coefficient (Wildman–Crippen LogP) is 6.50. The van der Waals surface area contributed by atoms with Crippen molar-refractivity contribution in [1.82, 2.24) is 9.78 Å². The van der Waals surface area contributed by atoms with E-state index in [2.05, 4.69) is 49.8 Å². The maximum Gasteiger partial charge on any atom is 0.269 e. The molecule has 2 aliphatic rings. The molecule has 8 nitrogen and oxygen atoms in total. The van der Waals surface area contributed by atoms with E-state index in [1.807, 2.05) is 36.8 Å². The normalized spacial score (nSPS) is 17.8. The van der Waals surface area contributed by atoms with E-state index in [4.69, 9.17) is 20.7 Å². The van der Waals surface area contributed by atoms with Gasteiger partial charge < -0.3 is 15.6 Å². The molecule has 3 N–H and O–H groups in total. The van der Waals surface area contributed by atoms with Crippen molar-refractivity contribution in [2.75, 3.05) is 12.8 Å². The highest BCUT2D eigenvalue weighted by Crippen LogP contribution is 2.37. The molecule has 0 spiro atoms. The number of nitrogen functional groups attached to an aromatic ring is 1. The SMILES string of the molecule is C=O.CC(C)(C)n1ccc(C2CCC(Cc3ccc([N+](=O)[O-])cc3)CC2)n1.CO.Nc1ccc2c(c1)CSC2. The Kier molecular flexibility index (Phi) is 12.7. The largest absolute Gasteiger partial charge is 0.400 e. The smallest absolute Gasteiger partial charge is 0.269 e. The number of benzene rings is 2. The van der Waals surface area contributed by atoms with Gasteiger partial charge in [0.15, 0.2) is 0 Å². The Balaban J connectivity index is 0.000000315. The van der Waals surface area contributed by atoms with E-state index in [1.54, 1.807) is 12.1 Å². The Labute approximate surface area is 236 Å². The van der Waals surface area contributed by atoms with Crippen LogP contribution in [-0.2, 0) is 28.3 Å². The summed E-state index contributed by atoms with van der Waals surface area (Å²) in [6.07, 6.45) is 7.87. The highest BCUT2D eigenvalue weighted by atomic mass is 32.2. The molecule has 1 aliphatic heterocycles. The lowest BCUT2D eigenvalue weighted by molar-refractivity contribution is -0.384. The maximum absolute atomic E-state index is 10.7. The van der Waals surface area contributed by atoms with Gasteiger partial charge in [0.1, 0.15) is 6.79 Å². The third-order valence-corrected chi connectivity index (χ3v) is 8.01. The van der Waals surface area contributed by atoms with Crippen LogP contribution >= 0.6 is 11.8 Å². The zero-order valence-corrected chi connectivity index (χ0v) is 24.3. The number of nitro groups is 1. The summed E-state index contributed by atoms with van der Waals surface area (Å²) in [6, 6.07) is 15.4. The molecule has 1 fully saturated rings. The van der Waals surface area contributed by atoms with Crippen LogP contribution in [0, 0.1) is 16.0 Å². The number of thioether (sulfide) groups is 1. The molecule has 3 aromatic rings. The number of carbonyl (C=O) groups excluding carboxylic acids is 1. The molecule has 0 saturated heterocycles. The predicted molar refractivity (Wildman–Crippen MR) is 160 cm³/mol. The second kappa shape index (κ2) is 15.4. The molecule has 2 heterocycles. The Morgan fingerprint density at radius 3 is 2.21 bits per heavy atom. The molecular formula is C30H42N4O4S. The van der Waals surface area contributed by atoms with Crippen molar-refractivity contribution in [3.8, 4) is 0 Å². The molecule has 1 aliphatic carbocycles. The van der Waals surface area contributed by atoms with Gasteiger partial charge in [0.25, 0.3) is 5.69 Å². The standard InChI is InChI=1S/C20H27N3O2.C8H9NS.CH4O.CH2O/c1-20(2,3)22-13-12-19(21-22)17-8-4-15(5-9-17)14-16-6-10-18(11-7-16)23(24)25;9-8-2-1-6-4-10-5-7(6)3-8;2*1-2/h6-7,10-13,15,17H,4-5,8-9,14H2,1-3H3;1-3H,4-5,9H2;2H,1H3;1H2. The molecular weight excluding hydrogens is 512 g/mol. The minimum absolute atomic E-state index is 0.0331. The molecule has 2 aromatic carbocycles. The number of non-ortho nitro benzene ring substituents is 1. The summed E-state index contributed by atoms with van der Waals surface area (Å²) < 4.78 is 2.06. The first-order chi connectivity index (χ1) is 18.7. The lowest BCUT2D eigenvalue weighted by Gasteiger charge is -2.28. The summed E-state index contributed by atoms with van der Waals surface area (Å²) in [4.78, 5) is 18.4. The van der Waals surface area contributed by atoms with Crippen molar-refractivity contribution in [2.24, 2.45) is 5.92 Å². The van der Waals surface area contributed by atoms with Crippen LogP contribution in [-0.4, -0.2) is 33.7 Å². The Hall–Kier alpha value is -3.17. The van der Waals surface area contributed by atoms with Crippen molar-refractivity contribution >= 4 is 29.9 Å². The van der Waals surface area contributed by atoms with Gasteiger partial charge in [-0.2, -0.15) is 16.9 Å². The van der Waals surface area contributed by atoms with Crippen molar-refractivity contribution < 1.29 is 14.8 Å². The number of carbonyl (C=O) groups is 1. The van der Waals surface area contributed by atoms with Crippen LogP contribution in [0.4, 0.5) is 11.4 Å². The molecule has 212 valence electrons. The highest BCUT2D eigenvalue weighted by molar-refractivity contribution is 7.98. The second-order valence-electron chi connectivity index (χ2n) is 10.7. The Morgan fingerprint density at radius 2 is 1.64 bits per heavy atom. The zero-order valence-electron chi connectivity index (χ0n) is 23.5. The number of hydrogen-bond donors (Lipinski definition) is 2. The summed E-state index contributed by atoms with van der Waals surface area (Å²) in [5, 5.41) is 22.5. The van der Waals surface area contributed by atoms with Gasteiger partial charge in [-0.05, 0) is 93.7 Å². The monoisotopic (exact) mass is 554 g/mol. The second-order valence-corrected chi connectivity index (χ2v) is 11.7. The number of rotatable bonds is 4. The van der Waals surface area contributed by atoms with Gasteiger partial charge in [0.2, 0.25) is 0 Å². The lowest BCUT2D eigenvalue weighted by atomic mass is 9.78. The van der Waals surface area contributed by atoms with E-state index >= 15 is 0 Å². The van der Waals surface area contributed by atoms with E-state index in [-0.39, 0.29) is 16.1 Å². The van der Waals surface area contributed by atoms with Crippen molar-refractivity contribution in [3.05, 3.63) is 87.2 Å². The van der Waals surface area contributed by atoms with Crippen LogP contribution in [0.15, 0.2) is 54.7 Å². The molecule has 1 saturated carbocycles. The molecule has 39 heavy (non-hydrogen) atoms. The minimum atomic E-state index is -0.342. The van der Waals surface area contributed by atoms with Gasteiger partial charge >= 0.3 is 0 Å². The van der Waals surface area contributed by atoms with Crippen molar-refractivity contribution in [1.29, 1.82) is 0 Å². The van der Waals surface area contributed by atoms with Crippen LogP contribution in [0.2, 0.25) is 0 Å². The van der Waals surface area contributed by atoms with Crippen LogP contribution in [0.3, 0.4) is 0 Å². The average molecular weight is 555 g/mol. The van der Waals surface area contributed by atoms with Crippen LogP contribution in [0.25, 0.3) is 0 Å². The lowest BCUT2D eigenvalue weighted by Crippen LogP contribution is -2.23. The van der Waals surface area contributed by atoms with Crippen LogP contribution < -0.4 is 5.73 Å². The summed E-state index contributed by atoms with van der Waals surface area (Å²) in [5.74, 6) is 3.54. The molecule has 0 unspecified atom stereocenters. The van der Waals surface area contributed by atoms with E-state index < -0.39 is 0 Å². The number of anilines is 1. The Morgan fingerprint density at radius 1 is 1.03 bits per heavy atom. The van der Waals surface area contributed by atoms with Gasteiger partial charge in [0.05, 0.1) is 16.2 Å². The summed E-state index contributed by atoms with van der Waals surface area (Å²) in [5.41, 5.74) is 12.0. The highest BCUT2D eigenvalue weighted by Gasteiger charge is 2.25. The number of aliphatic hydroxyl groups is 1. The van der Waals surface area contributed by atoms with Crippen molar-refractivity contribution in [3.63, 3.8) is 0 Å². The molecule has 9 heteroatoms. The summed E-state index contributed by atoms with van der Waals surface area (Å²) >= 11 is 1.96. The zero-order chi connectivity index (χ0) is 29.0. The fourth-order valence-corrected chi connectivity index (χ4v) is 5.96. The van der Waals surface area contributed by atoms with Gasteiger partial charge in [-0.15, -0.1) is 0 Å². The number of hydrogen-bond acceptors (Lipinski definition) is 7. The van der Waals surface area contributed by atoms with Gasteiger partial charge in [-0.3, -0.25) is 14.8 Å². The number of aliphatic hydroxyl groups excluding tert-OH is 1. The first-order valence-corrected chi connectivity index (χ1v) is 14.3. The molecule has 1 aromatic heterocycles. The van der Waals surface area contributed by atoms with Gasteiger partial charge in [-0.25, -0.2) is 0 Å². The van der Waals surface area contributed by atoms with E-state index in [9.17, 15) is 10.1 Å². The van der Waals surface area contributed by atoms with Crippen molar-refractivity contribution in [2.45, 2.75) is 75.8 Å². The summed E-state index contributed by atoms with van der Waals surface area (Å²) in [7, 11) is 1.00. The van der Waals surface area contributed by atoms with Gasteiger partial charge in [-0.1, -0.05) is 18.2 Å². The first kappa shape index (κ1) is 32.0. The number of nitrogens with zero attached hydrogens (tertiary/aromatic N) is 3. The van der Waals surface area contributed by atoms with Crippen LogP contribution in [0.1, 0.15) is 74.8 Å². The van der Waals surface area contributed by atoms with E-state index in [0.29, 0.717) is 11.8 Å². The number of nitrogens with two attached hydrogens (primary N) is 1. The maximum atomic E-state index is 10.7. The fourth-order valence-electron chi connectivity index (χ4n) is 4.87. The quantitative estimate of drug-likeness (QED) is 0.214. The minimum Gasteiger partial charge on any atom is -0.400 e. The van der Waals surface area contributed by atoms with Gasteiger partial charge in [0, 0.05) is 48.6 Å². The first-order valence-electron chi connectivity index (χ1n) is 13.2. The molecule has 5 rings (SSSR count). The third-order valence-electron chi connectivity index (χ3n) is 6.98. The average Bonchev–Trinajstić information content (AvgIpc) is 3.62. The van der Waals surface area contributed by atoms with Crippen LogP contribution in [0.5, 0.6) is 0 Å². The molecule has 0 atom stereocenters. The fraction of sp³-hybridized carbons (Fsp3) is 0.467.